The van der Waals surface area contributed by atoms with E-state index in [4.69, 9.17) is 0 Å². The first-order valence-corrected chi connectivity index (χ1v) is 5.91. The summed E-state index contributed by atoms with van der Waals surface area (Å²) in [5.74, 6) is -1.57. The van der Waals surface area contributed by atoms with E-state index in [1.54, 1.807) is 12.1 Å². The number of benzene rings is 1. The van der Waals surface area contributed by atoms with Crippen molar-refractivity contribution in [3.05, 3.63) is 41.0 Å². The van der Waals surface area contributed by atoms with Crippen LogP contribution >= 0.6 is 0 Å². The molecule has 0 bridgehead atoms. The highest BCUT2D eigenvalue weighted by Gasteiger charge is 2.06. The second kappa shape index (κ2) is 6.50. The summed E-state index contributed by atoms with van der Waals surface area (Å²) >= 11 is 0. The SMILES string of the molecule is CCC(=Cc1cccc(F)c1F)CNC(C)C. The summed E-state index contributed by atoms with van der Waals surface area (Å²) in [5.41, 5.74) is 1.37. The number of nitrogens with one attached hydrogen (secondary N) is 1. The standard InChI is InChI=1S/C14H19F2N/c1-4-11(9-17-10(2)3)8-12-6-5-7-13(15)14(12)16/h5-8,10,17H,4,9H2,1-3H3. The Labute approximate surface area is 102 Å². The number of hydrogen-bond acceptors (Lipinski definition) is 1. The van der Waals surface area contributed by atoms with Gasteiger partial charge in [-0.3, -0.25) is 0 Å². The molecule has 1 aromatic carbocycles. The van der Waals surface area contributed by atoms with Gasteiger partial charge in [-0.15, -0.1) is 0 Å². The van der Waals surface area contributed by atoms with Crippen molar-refractivity contribution in [3.63, 3.8) is 0 Å². The topological polar surface area (TPSA) is 12.0 Å². The molecule has 3 heteroatoms. The zero-order valence-corrected chi connectivity index (χ0v) is 10.6. The molecule has 0 fully saturated rings. The summed E-state index contributed by atoms with van der Waals surface area (Å²) in [4.78, 5) is 0. The van der Waals surface area contributed by atoms with Crippen LogP contribution in [-0.4, -0.2) is 12.6 Å². The molecule has 0 spiro atoms. The second-order valence-electron chi connectivity index (χ2n) is 4.33. The van der Waals surface area contributed by atoms with Gasteiger partial charge in [0.2, 0.25) is 0 Å². The lowest BCUT2D eigenvalue weighted by molar-refractivity contribution is 0.507. The van der Waals surface area contributed by atoms with E-state index in [1.807, 2.05) is 6.92 Å². The van der Waals surface area contributed by atoms with E-state index in [1.165, 1.54) is 6.07 Å². The van der Waals surface area contributed by atoms with E-state index in [0.717, 1.165) is 18.1 Å². The molecule has 94 valence electrons. The van der Waals surface area contributed by atoms with E-state index < -0.39 is 11.6 Å². The molecule has 0 aromatic heterocycles. The quantitative estimate of drug-likeness (QED) is 0.825. The maximum absolute atomic E-state index is 13.5. The van der Waals surface area contributed by atoms with E-state index >= 15 is 0 Å². The Hall–Kier alpha value is -1.22. The molecule has 1 N–H and O–H groups in total. The third-order valence-electron chi connectivity index (χ3n) is 2.53. The Balaban J connectivity index is 2.86. The molecule has 0 amide bonds. The predicted octanol–water partition coefficient (Wildman–Crippen LogP) is 3.76. The molecule has 0 saturated carbocycles. The minimum atomic E-state index is -0.800. The average Bonchev–Trinajstić information content (AvgIpc) is 2.29. The molecule has 0 heterocycles. The molecule has 17 heavy (non-hydrogen) atoms. The largest absolute Gasteiger partial charge is 0.311 e. The van der Waals surface area contributed by atoms with Crippen LogP contribution < -0.4 is 5.32 Å². The normalized spacial score (nSPS) is 12.2. The highest BCUT2D eigenvalue weighted by molar-refractivity contribution is 5.54. The summed E-state index contributed by atoms with van der Waals surface area (Å²) in [6, 6.07) is 4.61. The van der Waals surface area contributed by atoms with Crippen molar-refractivity contribution in [2.45, 2.75) is 33.2 Å². The van der Waals surface area contributed by atoms with Gasteiger partial charge in [-0.25, -0.2) is 8.78 Å². The maximum atomic E-state index is 13.5. The third-order valence-corrected chi connectivity index (χ3v) is 2.53. The van der Waals surface area contributed by atoms with Gasteiger partial charge in [-0.05, 0) is 12.5 Å². The van der Waals surface area contributed by atoms with Gasteiger partial charge in [-0.2, -0.15) is 0 Å². The average molecular weight is 239 g/mol. The zero-order chi connectivity index (χ0) is 12.8. The first-order valence-electron chi connectivity index (χ1n) is 5.91. The van der Waals surface area contributed by atoms with Crippen LogP contribution in [-0.2, 0) is 0 Å². The first-order chi connectivity index (χ1) is 8.04. The van der Waals surface area contributed by atoms with Crippen LogP contribution in [0.3, 0.4) is 0 Å². The molecule has 0 atom stereocenters. The first kappa shape index (κ1) is 13.8. The van der Waals surface area contributed by atoms with E-state index in [-0.39, 0.29) is 0 Å². The Morgan fingerprint density at radius 3 is 2.65 bits per heavy atom. The van der Waals surface area contributed by atoms with Gasteiger partial charge in [0.25, 0.3) is 0 Å². The zero-order valence-electron chi connectivity index (χ0n) is 10.6. The van der Waals surface area contributed by atoms with Gasteiger partial charge in [0, 0.05) is 18.2 Å². The molecule has 0 radical (unpaired) electrons. The number of halogens is 2. The third kappa shape index (κ3) is 4.27. The highest BCUT2D eigenvalue weighted by atomic mass is 19.2. The molecule has 1 nitrogen and oxygen atoms in total. The molecule has 1 aromatic rings. The van der Waals surface area contributed by atoms with Crippen molar-refractivity contribution in [2.75, 3.05) is 6.54 Å². The summed E-state index contributed by atoms with van der Waals surface area (Å²) < 4.78 is 26.5. The second-order valence-corrected chi connectivity index (χ2v) is 4.33. The molecule has 1 rings (SSSR count). The molecule has 0 aliphatic carbocycles. The van der Waals surface area contributed by atoms with Crippen molar-refractivity contribution in [3.8, 4) is 0 Å². The van der Waals surface area contributed by atoms with E-state index in [9.17, 15) is 8.78 Å². The highest BCUT2D eigenvalue weighted by Crippen LogP contribution is 2.16. The fourth-order valence-corrected chi connectivity index (χ4v) is 1.47. The molecule has 0 unspecified atom stereocenters. The van der Waals surface area contributed by atoms with Gasteiger partial charge in [-0.1, -0.05) is 44.6 Å². The van der Waals surface area contributed by atoms with Crippen LogP contribution in [0.5, 0.6) is 0 Å². The van der Waals surface area contributed by atoms with Crippen molar-refractivity contribution < 1.29 is 8.78 Å². The Bertz CT molecular complexity index is 397. The minimum Gasteiger partial charge on any atom is -0.311 e. The van der Waals surface area contributed by atoms with Crippen molar-refractivity contribution in [2.24, 2.45) is 0 Å². The lowest BCUT2D eigenvalue weighted by Crippen LogP contribution is -2.24. The Morgan fingerprint density at radius 2 is 2.06 bits per heavy atom. The lowest BCUT2D eigenvalue weighted by atomic mass is 10.1. The van der Waals surface area contributed by atoms with E-state index in [2.05, 4.69) is 19.2 Å². The van der Waals surface area contributed by atoms with Crippen LogP contribution in [0.1, 0.15) is 32.8 Å². The summed E-state index contributed by atoms with van der Waals surface area (Å²) in [6.07, 6.45) is 2.53. The predicted molar refractivity (Wildman–Crippen MR) is 67.8 cm³/mol. The number of rotatable bonds is 5. The minimum absolute atomic E-state index is 0.312. The summed E-state index contributed by atoms with van der Waals surface area (Å²) in [5, 5.41) is 3.27. The molecule has 0 saturated heterocycles. The van der Waals surface area contributed by atoms with Crippen LogP contribution in [0.2, 0.25) is 0 Å². The van der Waals surface area contributed by atoms with Crippen LogP contribution in [0.4, 0.5) is 8.78 Å². The molecular formula is C14H19F2N. The van der Waals surface area contributed by atoms with Gasteiger partial charge in [0.05, 0.1) is 0 Å². The van der Waals surface area contributed by atoms with Crippen LogP contribution in [0.15, 0.2) is 23.8 Å². The fourth-order valence-electron chi connectivity index (χ4n) is 1.47. The van der Waals surface area contributed by atoms with Gasteiger partial charge < -0.3 is 5.32 Å². The molecule has 0 aliphatic heterocycles. The van der Waals surface area contributed by atoms with Gasteiger partial charge in [0.15, 0.2) is 11.6 Å². The fraction of sp³-hybridized carbons (Fsp3) is 0.429. The van der Waals surface area contributed by atoms with Gasteiger partial charge in [0.1, 0.15) is 0 Å². The summed E-state index contributed by atoms with van der Waals surface area (Å²) in [6.45, 7) is 6.81. The van der Waals surface area contributed by atoms with Crippen LogP contribution in [0, 0.1) is 11.6 Å². The smallest absolute Gasteiger partial charge is 0.166 e. The maximum Gasteiger partial charge on any atom is 0.166 e. The van der Waals surface area contributed by atoms with Gasteiger partial charge >= 0.3 is 0 Å². The Kier molecular flexibility index (Phi) is 5.29. The lowest BCUT2D eigenvalue weighted by Gasteiger charge is -2.10. The monoisotopic (exact) mass is 239 g/mol. The molecular weight excluding hydrogens is 220 g/mol. The Morgan fingerprint density at radius 1 is 1.35 bits per heavy atom. The van der Waals surface area contributed by atoms with Crippen molar-refractivity contribution >= 4 is 6.08 Å². The van der Waals surface area contributed by atoms with Crippen molar-refractivity contribution in [1.29, 1.82) is 0 Å². The molecule has 0 aliphatic rings. The van der Waals surface area contributed by atoms with Crippen molar-refractivity contribution in [1.82, 2.24) is 5.32 Å². The van der Waals surface area contributed by atoms with E-state index in [0.29, 0.717) is 18.2 Å². The number of hydrogen-bond donors (Lipinski definition) is 1. The summed E-state index contributed by atoms with van der Waals surface area (Å²) in [7, 11) is 0. The van der Waals surface area contributed by atoms with Crippen LogP contribution in [0.25, 0.3) is 6.08 Å².